The molecule has 4 heteroatoms. The highest BCUT2D eigenvalue weighted by Crippen LogP contribution is 2.38. The minimum Gasteiger partial charge on any atom is -0.207 e. The number of alkyl halides is 3. The van der Waals surface area contributed by atoms with Gasteiger partial charge in [0.1, 0.15) is 5.83 Å². The van der Waals surface area contributed by atoms with Gasteiger partial charge in [-0.2, -0.15) is 13.2 Å². The molecule has 0 amide bonds. The molecule has 0 spiro atoms. The molecule has 0 saturated heterocycles. The second-order valence-corrected chi connectivity index (χ2v) is 3.73. The lowest BCUT2D eigenvalue weighted by atomic mass is 9.94. The zero-order valence-corrected chi connectivity index (χ0v) is 9.31. The van der Waals surface area contributed by atoms with Crippen LogP contribution in [0.1, 0.15) is 6.92 Å². The van der Waals surface area contributed by atoms with Crippen molar-refractivity contribution in [2.24, 2.45) is 5.92 Å². The Hall–Kier alpha value is -1.58. The highest BCUT2D eigenvalue weighted by molar-refractivity contribution is 5.46. The van der Waals surface area contributed by atoms with Crippen LogP contribution in [0, 0.1) is 5.92 Å². The smallest absolute Gasteiger partial charge is 0.207 e. The largest absolute Gasteiger partial charge is 0.416 e. The Morgan fingerprint density at radius 3 is 2.29 bits per heavy atom. The molecule has 92 valence electrons. The van der Waals surface area contributed by atoms with E-state index in [1.54, 1.807) is 0 Å². The summed E-state index contributed by atoms with van der Waals surface area (Å²) in [5.74, 6) is -1.25. The SMILES string of the molecule is C=C/C=C(\C(=C)C1C=C(C)C(F)=C1)C(F)(F)F. The highest BCUT2D eigenvalue weighted by Gasteiger charge is 2.37. The number of allylic oxidation sites excluding steroid dienone is 8. The topological polar surface area (TPSA) is 0 Å². The number of halogens is 4. The fraction of sp³-hybridized carbons (Fsp3) is 0.231. The molecule has 0 heterocycles. The van der Waals surface area contributed by atoms with Crippen molar-refractivity contribution in [3.8, 4) is 0 Å². The molecule has 0 aromatic carbocycles. The lowest BCUT2D eigenvalue weighted by Gasteiger charge is -2.16. The lowest BCUT2D eigenvalue weighted by molar-refractivity contribution is -0.0897. The molecule has 0 aromatic heterocycles. The van der Waals surface area contributed by atoms with E-state index < -0.39 is 23.5 Å². The molecule has 1 unspecified atom stereocenters. The van der Waals surface area contributed by atoms with E-state index >= 15 is 0 Å². The average molecular weight is 244 g/mol. The summed E-state index contributed by atoms with van der Waals surface area (Å²) in [4.78, 5) is 0. The molecule has 1 atom stereocenters. The van der Waals surface area contributed by atoms with Crippen LogP contribution in [0.4, 0.5) is 17.6 Å². The summed E-state index contributed by atoms with van der Waals surface area (Å²) in [5.41, 5.74) is -0.729. The van der Waals surface area contributed by atoms with E-state index in [4.69, 9.17) is 0 Å². The van der Waals surface area contributed by atoms with Crippen molar-refractivity contribution >= 4 is 0 Å². The fourth-order valence-corrected chi connectivity index (χ4v) is 1.57. The first kappa shape index (κ1) is 13.5. The van der Waals surface area contributed by atoms with Crippen LogP contribution in [0.2, 0.25) is 0 Å². The van der Waals surface area contributed by atoms with Gasteiger partial charge < -0.3 is 0 Å². The van der Waals surface area contributed by atoms with Crippen LogP contribution in [-0.2, 0) is 0 Å². The van der Waals surface area contributed by atoms with Crippen molar-refractivity contribution in [1.29, 1.82) is 0 Å². The van der Waals surface area contributed by atoms with E-state index in [2.05, 4.69) is 13.2 Å². The van der Waals surface area contributed by atoms with Crippen LogP contribution in [0.15, 0.2) is 60.0 Å². The minimum absolute atomic E-state index is 0.176. The van der Waals surface area contributed by atoms with Gasteiger partial charge in [-0.05, 0) is 24.1 Å². The van der Waals surface area contributed by atoms with Crippen molar-refractivity contribution in [3.63, 3.8) is 0 Å². The van der Waals surface area contributed by atoms with Gasteiger partial charge in [0.2, 0.25) is 0 Å². The maximum Gasteiger partial charge on any atom is 0.416 e. The van der Waals surface area contributed by atoms with E-state index in [-0.39, 0.29) is 5.57 Å². The third kappa shape index (κ3) is 2.96. The Morgan fingerprint density at radius 1 is 1.35 bits per heavy atom. The van der Waals surface area contributed by atoms with Gasteiger partial charge in [-0.3, -0.25) is 0 Å². The van der Waals surface area contributed by atoms with E-state index in [0.29, 0.717) is 5.57 Å². The Balaban J connectivity index is 3.05. The summed E-state index contributed by atoms with van der Waals surface area (Å²) in [6, 6.07) is 0. The van der Waals surface area contributed by atoms with Crippen LogP contribution < -0.4 is 0 Å². The minimum atomic E-state index is -4.51. The molecule has 0 aromatic rings. The van der Waals surface area contributed by atoms with Crippen molar-refractivity contribution in [1.82, 2.24) is 0 Å². The molecular formula is C13H12F4. The summed E-state index contributed by atoms with van der Waals surface area (Å²) >= 11 is 0. The van der Waals surface area contributed by atoms with Gasteiger partial charge in [0.05, 0.1) is 5.57 Å². The Morgan fingerprint density at radius 2 is 1.94 bits per heavy atom. The van der Waals surface area contributed by atoms with Crippen LogP contribution in [0.25, 0.3) is 0 Å². The van der Waals surface area contributed by atoms with Gasteiger partial charge in [0, 0.05) is 5.92 Å². The van der Waals surface area contributed by atoms with Gasteiger partial charge >= 0.3 is 6.18 Å². The summed E-state index contributed by atoms with van der Waals surface area (Å²) < 4.78 is 51.2. The fourth-order valence-electron chi connectivity index (χ4n) is 1.57. The summed E-state index contributed by atoms with van der Waals surface area (Å²) in [6.45, 7) is 8.13. The summed E-state index contributed by atoms with van der Waals surface area (Å²) in [5, 5.41) is 0. The lowest BCUT2D eigenvalue weighted by Crippen LogP contribution is -2.16. The highest BCUT2D eigenvalue weighted by atomic mass is 19.4. The van der Waals surface area contributed by atoms with Gasteiger partial charge in [0.25, 0.3) is 0 Å². The van der Waals surface area contributed by atoms with E-state index in [0.717, 1.165) is 18.2 Å². The molecule has 0 N–H and O–H groups in total. The summed E-state index contributed by atoms with van der Waals surface area (Å²) in [7, 11) is 0. The first-order valence-electron chi connectivity index (χ1n) is 4.92. The van der Waals surface area contributed by atoms with E-state index in [9.17, 15) is 17.6 Å². The van der Waals surface area contributed by atoms with Gasteiger partial charge in [-0.15, -0.1) is 0 Å². The second-order valence-electron chi connectivity index (χ2n) is 3.73. The van der Waals surface area contributed by atoms with Crippen molar-refractivity contribution in [2.75, 3.05) is 0 Å². The first-order chi connectivity index (χ1) is 7.77. The number of rotatable bonds is 3. The molecule has 1 aliphatic carbocycles. The van der Waals surface area contributed by atoms with Gasteiger partial charge in [0.15, 0.2) is 0 Å². The molecule has 0 fully saturated rings. The average Bonchev–Trinajstić information content (AvgIpc) is 2.53. The van der Waals surface area contributed by atoms with Crippen molar-refractivity contribution in [3.05, 3.63) is 60.0 Å². The molecule has 0 radical (unpaired) electrons. The zero-order valence-electron chi connectivity index (χ0n) is 9.31. The molecule has 17 heavy (non-hydrogen) atoms. The number of hydrogen-bond acceptors (Lipinski definition) is 0. The van der Waals surface area contributed by atoms with Crippen LogP contribution in [0.3, 0.4) is 0 Å². The quantitative estimate of drug-likeness (QED) is 0.501. The zero-order chi connectivity index (χ0) is 13.2. The predicted octanol–water partition coefficient (Wildman–Crippen LogP) is 4.65. The van der Waals surface area contributed by atoms with Crippen molar-refractivity contribution in [2.45, 2.75) is 13.1 Å². The van der Waals surface area contributed by atoms with Crippen LogP contribution in [0.5, 0.6) is 0 Å². The van der Waals surface area contributed by atoms with Gasteiger partial charge in [-0.1, -0.05) is 31.4 Å². The third-order valence-electron chi connectivity index (χ3n) is 2.47. The molecule has 0 bridgehead atoms. The van der Waals surface area contributed by atoms with Gasteiger partial charge in [-0.25, -0.2) is 4.39 Å². The maximum absolute atomic E-state index is 13.1. The normalized spacial score (nSPS) is 21.0. The Labute approximate surface area is 97.3 Å². The maximum atomic E-state index is 13.1. The summed E-state index contributed by atoms with van der Waals surface area (Å²) in [6.07, 6.45) is -0.0875. The Kier molecular flexibility index (Phi) is 3.76. The second kappa shape index (κ2) is 4.73. The monoisotopic (exact) mass is 244 g/mol. The Bertz CT molecular complexity index is 415. The molecular weight excluding hydrogens is 232 g/mol. The first-order valence-corrected chi connectivity index (χ1v) is 4.92. The van der Waals surface area contributed by atoms with Crippen molar-refractivity contribution < 1.29 is 17.6 Å². The molecule has 0 aliphatic heterocycles. The molecule has 0 saturated carbocycles. The molecule has 1 aliphatic rings. The standard InChI is InChI=1S/C13H12F4/c1-4-5-11(13(15,16)17)9(3)10-6-8(2)12(14)7-10/h4-7,10H,1,3H2,2H3/b11-5+. The van der Waals surface area contributed by atoms with E-state index in [1.165, 1.54) is 13.0 Å². The molecule has 0 nitrogen and oxygen atoms in total. The molecule has 1 rings (SSSR count). The van der Waals surface area contributed by atoms with Crippen LogP contribution >= 0.6 is 0 Å². The third-order valence-corrected chi connectivity index (χ3v) is 2.47. The predicted molar refractivity (Wildman–Crippen MR) is 59.9 cm³/mol. The van der Waals surface area contributed by atoms with E-state index in [1.807, 2.05) is 0 Å². The van der Waals surface area contributed by atoms with Crippen LogP contribution in [-0.4, -0.2) is 6.18 Å². The number of hydrogen-bond donors (Lipinski definition) is 0.